The van der Waals surface area contributed by atoms with Crippen molar-refractivity contribution in [3.8, 4) is 11.1 Å². The average Bonchev–Trinajstić information content (AvgIpc) is 2.39. The SMILES string of the molecule is COCc1cc(C)ccc1-c1cc(C)c(CP)c(F)c1. The number of hydrogen-bond donors (Lipinski definition) is 0. The van der Waals surface area contributed by atoms with Crippen LogP contribution in [-0.2, 0) is 17.5 Å². The van der Waals surface area contributed by atoms with Crippen molar-refractivity contribution in [2.24, 2.45) is 0 Å². The highest BCUT2D eigenvalue weighted by atomic mass is 31.0. The van der Waals surface area contributed by atoms with Gasteiger partial charge < -0.3 is 4.74 Å². The van der Waals surface area contributed by atoms with Crippen LogP contribution in [0.25, 0.3) is 11.1 Å². The van der Waals surface area contributed by atoms with Gasteiger partial charge in [0.2, 0.25) is 0 Å². The molecule has 0 amide bonds. The standard InChI is InChI=1S/C17H20FOP/c1-11-4-5-15(14(6-11)9-19-3)13-7-12(2)16(10-20)17(18)8-13/h4-8H,9-10,20H2,1-3H3. The monoisotopic (exact) mass is 290 g/mol. The van der Waals surface area contributed by atoms with Gasteiger partial charge in [0.1, 0.15) is 5.82 Å². The molecule has 20 heavy (non-hydrogen) atoms. The van der Waals surface area contributed by atoms with Gasteiger partial charge in [0.15, 0.2) is 0 Å². The molecule has 1 atom stereocenters. The lowest BCUT2D eigenvalue weighted by Gasteiger charge is -2.13. The van der Waals surface area contributed by atoms with Crippen LogP contribution < -0.4 is 0 Å². The molecule has 0 heterocycles. The zero-order valence-electron chi connectivity index (χ0n) is 12.2. The lowest BCUT2D eigenvalue weighted by Crippen LogP contribution is -1.97. The first kappa shape index (κ1) is 15.2. The number of benzene rings is 2. The number of aryl methyl sites for hydroxylation is 2. The van der Waals surface area contributed by atoms with E-state index >= 15 is 0 Å². The van der Waals surface area contributed by atoms with Gasteiger partial charge in [0, 0.05) is 7.11 Å². The first-order chi connectivity index (χ1) is 9.56. The Morgan fingerprint density at radius 1 is 1.15 bits per heavy atom. The van der Waals surface area contributed by atoms with E-state index in [0.717, 1.165) is 27.8 Å². The molecule has 0 aliphatic heterocycles. The Bertz CT molecular complexity index is 599. The summed E-state index contributed by atoms with van der Waals surface area (Å²) in [6.45, 7) is 4.53. The van der Waals surface area contributed by atoms with E-state index in [9.17, 15) is 4.39 Å². The summed E-state index contributed by atoms with van der Waals surface area (Å²) >= 11 is 0. The zero-order valence-corrected chi connectivity index (χ0v) is 13.3. The number of methoxy groups -OCH3 is 1. The normalized spacial score (nSPS) is 10.8. The number of halogens is 1. The van der Waals surface area contributed by atoms with Crippen LogP contribution in [0.2, 0.25) is 0 Å². The van der Waals surface area contributed by atoms with E-state index in [-0.39, 0.29) is 5.82 Å². The van der Waals surface area contributed by atoms with Crippen molar-refractivity contribution < 1.29 is 9.13 Å². The second-order valence-electron chi connectivity index (χ2n) is 5.05. The van der Waals surface area contributed by atoms with Gasteiger partial charge in [0.25, 0.3) is 0 Å². The third-order valence-electron chi connectivity index (χ3n) is 3.49. The van der Waals surface area contributed by atoms with Crippen LogP contribution in [0.5, 0.6) is 0 Å². The highest BCUT2D eigenvalue weighted by Gasteiger charge is 2.11. The molecule has 1 unspecified atom stereocenters. The second-order valence-corrected chi connectivity index (χ2v) is 5.46. The van der Waals surface area contributed by atoms with Gasteiger partial charge in [-0.05, 0) is 53.9 Å². The summed E-state index contributed by atoms with van der Waals surface area (Å²) in [6, 6.07) is 9.85. The fourth-order valence-electron chi connectivity index (χ4n) is 2.47. The van der Waals surface area contributed by atoms with Gasteiger partial charge >= 0.3 is 0 Å². The minimum absolute atomic E-state index is 0.140. The second kappa shape index (κ2) is 6.47. The molecule has 0 aromatic heterocycles. The van der Waals surface area contributed by atoms with Gasteiger partial charge in [-0.2, -0.15) is 0 Å². The minimum atomic E-state index is -0.140. The fraction of sp³-hybridized carbons (Fsp3) is 0.294. The molecule has 2 aromatic rings. The van der Waals surface area contributed by atoms with Gasteiger partial charge in [-0.15, -0.1) is 9.24 Å². The van der Waals surface area contributed by atoms with E-state index in [0.29, 0.717) is 12.8 Å². The molecule has 0 fully saturated rings. The Kier molecular flexibility index (Phi) is 4.91. The highest BCUT2D eigenvalue weighted by Crippen LogP contribution is 2.29. The molecule has 2 rings (SSSR count). The molecular weight excluding hydrogens is 270 g/mol. The molecule has 0 saturated heterocycles. The van der Waals surface area contributed by atoms with Crippen molar-refractivity contribution >= 4 is 9.24 Å². The molecule has 0 radical (unpaired) electrons. The molecule has 1 nitrogen and oxygen atoms in total. The largest absolute Gasteiger partial charge is 0.380 e. The van der Waals surface area contributed by atoms with Crippen LogP contribution in [0.3, 0.4) is 0 Å². The van der Waals surface area contributed by atoms with E-state index in [2.05, 4.69) is 15.3 Å². The maximum absolute atomic E-state index is 14.1. The maximum atomic E-state index is 14.1. The lowest BCUT2D eigenvalue weighted by molar-refractivity contribution is 0.185. The summed E-state index contributed by atoms with van der Waals surface area (Å²) in [5.41, 5.74) is 5.96. The van der Waals surface area contributed by atoms with Crippen molar-refractivity contribution in [2.45, 2.75) is 26.6 Å². The quantitative estimate of drug-likeness (QED) is 0.746. The summed E-state index contributed by atoms with van der Waals surface area (Å²) in [5, 5.41) is 0. The topological polar surface area (TPSA) is 9.23 Å². The van der Waals surface area contributed by atoms with Gasteiger partial charge in [-0.3, -0.25) is 0 Å². The average molecular weight is 290 g/mol. The Hall–Kier alpha value is -1.24. The summed E-state index contributed by atoms with van der Waals surface area (Å²) in [6.07, 6.45) is 0.636. The van der Waals surface area contributed by atoms with Crippen molar-refractivity contribution in [1.82, 2.24) is 0 Å². The summed E-state index contributed by atoms with van der Waals surface area (Å²) < 4.78 is 19.4. The molecule has 0 saturated carbocycles. The highest BCUT2D eigenvalue weighted by molar-refractivity contribution is 7.15. The molecule has 106 valence electrons. The van der Waals surface area contributed by atoms with Crippen molar-refractivity contribution in [3.05, 3.63) is 58.4 Å². The molecule has 0 spiro atoms. The van der Waals surface area contributed by atoms with Crippen LogP contribution in [-0.4, -0.2) is 7.11 Å². The molecule has 0 aliphatic rings. The van der Waals surface area contributed by atoms with E-state index in [1.54, 1.807) is 13.2 Å². The lowest BCUT2D eigenvalue weighted by atomic mass is 9.95. The Balaban J connectivity index is 2.56. The first-order valence-electron chi connectivity index (χ1n) is 6.64. The molecule has 0 bridgehead atoms. The minimum Gasteiger partial charge on any atom is -0.380 e. The van der Waals surface area contributed by atoms with Crippen LogP contribution in [0.1, 0.15) is 22.3 Å². The van der Waals surface area contributed by atoms with Gasteiger partial charge in [0.05, 0.1) is 6.61 Å². The molecule has 0 aliphatic carbocycles. The van der Waals surface area contributed by atoms with Crippen LogP contribution in [0, 0.1) is 19.7 Å². The predicted molar refractivity (Wildman–Crippen MR) is 85.4 cm³/mol. The van der Waals surface area contributed by atoms with Crippen LogP contribution >= 0.6 is 9.24 Å². The fourth-order valence-corrected chi connectivity index (χ4v) is 2.98. The summed E-state index contributed by atoms with van der Waals surface area (Å²) in [4.78, 5) is 0. The molecular formula is C17H20FOP. The Labute approximate surface area is 122 Å². The number of ether oxygens (including phenoxy) is 1. The van der Waals surface area contributed by atoms with E-state index in [1.165, 1.54) is 5.56 Å². The number of rotatable bonds is 4. The summed E-state index contributed by atoms with van der Waals surface area (Å²) in [5.74, 6) is -0.140. The smallest absolute Gasteiger partial charge is 0.127 e. The van der Waals surface area contributed by atoms with E-state index in [1.807, 2.05) is 32.0 Å². The predicted octanol–water partition coefficient (Wildman–Crippen LogP) is 4.63. The molecule has 3 heteroatoms. The molecule has 2 aromatic carbocycles. The first-order valence-corrected chi connectivity index (χ1v) is 7.46. The van der Waals surface area contributed by atoms with Crippen LogP contribution in [0.4, 0.5) is 4.39 Å². The Morgan fingerprint density at radius 2 is 1.90 bits per heavy atom. The van der Waals surface area contributed by atoms with Gasteiger partial charge in [-0.1, -0.05) is 29.8 Å². The van der Waals surface area contributed by atoms with E-state index in [4.69, 9.17) is 4.74 Å². The van der Waals surface area contributed by atoms with Crippen molar-refractivity contribution in [2.75, 3.05) is 7.11 Å². The number of hydrogen-bond acceptors (Lipinski definition) is 1. The van der Waals surface area contributed by atoms with Crippen LogP contribution in [0.15, 0.2) is 30.3 Å². The third kappa shape index (κ3) is 3.08. The van der Waals surface area contributed by atoms with E-state index < -0.39 is 0 Å². The van der Waals surface area contributed by atoms with Crippen molar-refractivity contribution in [3.63, 3.8) is 0 Å². The zero-order chi connectivity index (χ0) is 14.7. The molecule has 0 N–H and O–H groups in total. The van der Waals surface area contributed by atoms with Gasteiger partial charge in [-0.25, -0.2) is 4.39 Å². The maximum Gasteiger partial charge on any atom is 0.127 e. The van der Waals surface area contributed by atoms with Crippen molar-refractivity contribution in [1.29, 1.82) is 0 Å². The summed E-state index contributed by atoms with van der Waals surface area (Å²) in [7, 11) is 4.26. The Morgan fingerprint density at radius 3 is 2.50 bits per heavy atom. The third-order valence-corrected chi connectivity index (χ3v) is 3.90.